The highest BCUT2D eigenvalue weighted by Gasteiger charge is 2.30. The summed E-state index contributed by atoms with van der Waals surface area (Å²) in [5.74, 6) is -0.263. The molecule has 0 amide bonds. The van der Waals surface area contributed by atoms with Crippen LogP contribution in [0.5, 0.6) is 0 Å². The average molecular weight is 345 g/mol. The van der Waals surface area contributed by atoms with Crippen LogP contribution in [0.15, 0.2) is 36.8 Å². The average Bonchev–Trinajstić information content (AvgIpc) is 3.05. The Balaban J connectivity index is 1.68. The van der Waals surface area contributed by atoms with Gasteiger partial charge < -0.3 is 9.40 Å². The van der Waals surface area contributed by atoms with Crippen molar-refractivity contribution in [2.24, 2.45) is 5.41 Å². The van der Waals surface area contributed by atoms with Gasteiger partial charge in [0.25, 0.3) is 0 Å². The van der Waals surface area contributed by atoms with Gasteiger partial charge in [0, 0.05) is 30.9 Å². The number of carbonyl (C=O) groups excluding carboxylic acids is 1. The predicted octanol–water partition coefficient (Wildman–Crippen LogP) is 3.70. The van der Waals surface area contributed by atoms with Crippen LogP contribution in [0.25, 0.3) is 5.69 Å². The first-order valence-electron chi connectivity index (χ1n) is 8.60. The number of nitrogens with zero attached hydrogens (tertiary/aromatic N) is 3. The fraction of sp³-hybridized carbons (Fsp3) is 0.474. The van der Waals surface area contributed by atoms with Crippen LogP contribution < -0.4 is 0 Å². The summed E-state index contributed by atoms with van der Waals surface area (Å²) in [5, 5.41) is 1.75. The minimum atomic E-state index is -0.517. The van der Waals surface area contributed by atoms with E-state index >= 15 is 0 Å². The third kappa shape index (κ3) is 4.25. The van der Waals surface area contributed by atoms with Gasteiger partial charge in [-0.1, -0.05) is 0 Å². The molecular formula is C19H24FN3O2. The molecular weight excluding hydrogens is 321 g/mol. The van der Waals surface area contributed by atoms with Crippen molar-refractivity contribution >= 4 is 5.97 Å². The molecule has 1 aliphatic heterocycles. The van der Waals surface area contributed by atoms with E-state index in [1.54, 1.807) is 23.5 Å². The number of hydroxylamine groups is 2. The third-order valence-corrected chi connectivity index (χ3v) is 4.35. The SMILES string of the molecule is CC(C)(C)C(=O)ON1CCC[C@@H](c2cn(-c3ccc(F)cc3)cn2)C1. The van der Waals surface area contributed by atoms with Gasteiger partial charge >= 0.3 is 5.97 Å². The first-order chi connectivity index (χ1) is 11.8. The summed E-state index contributed by atoms with van der Waals surface area (Å²) in [6, 6.07) is 6.31. The summed E-state index contributed by atoms with van der Waals surface area (Å²) >= 11 is 0. The summed E-state index contributed by atoms with van der Waals surface area (Å²) in [6.45, 7) is 6.93. The molecule has 6 heteroatoms. The summed E-state index contributed by atoms with van der Waals surface area (Å²) in [4.78, 5) is 22.1. The maximum Gasteiger partial charge on any atom is 0.330 e. The van der Waals surface area contributed by atoms with Gasteiger partial charge in [-0.25, -0.2) is 14.2 Å². The van der Waals surface area contributed by atoms with Crippen LogP contribution >= 0.6 is 0 Å². The molecule has 1 atom stereocenters. The second-order valence-corrected chi connectivity index (χ2v) is 7.54. The Morgan fingerprint density at radius 1 is 1.28 bits per heavy atom. The molecule has 2 aromatic rings. The monoisotopic (exact) mass is 345 g/mol. The Bertz CT molecular complexity index is 734. The first kappa shape index (κ1) is 17.6. The normalized spacial score (nSPS) is 19.0. The number of rotatable bonds is 3. The van der Waals surface area contributed by atoms with E-state index in [0.29, 0.717) is 6.54 Å². The van der Waals surface area contributed by atoms with E-state index in [2.05, 4.69) is 4.98 Å². The molecule has 1 aliphatic rings. The molecule has 0 spiro atoms. The number of hydrogen-bond donors (Lipinski definition) is 0. The lowest BCUT2D eigenvalue weighted by Gasteiger charge is -2.32. The largest absolute Gasteiger partial charge is 0.367 e. The fourth-order valence-corrected chi connectivity index (χ4v) is 2.82. The van der Waals surface area contributed by atoms with Gasteiger partial charge in [0.1, 0.15) is 5.82 Å². The van der Waals surface area contributed by atoms with Crippen molar-refractivity contribution in [1.29, 1.82) is 0 Å². The molecule has 134 valence electrons. The van der Waals surface area contributed by atoms with E-state index in [1.807, 2.05) is 31.5 Å². The second kappa shape index (κ2) is 6.96. The summed E-state index contributed by atoms with van der Waals surface area (Å²) in [7, 11) is 0. The smallest absolute Gasteiger partial charge is 0.330 e. The standard InChI is InChI=1S/C19H24FN3O2/c1-19(2,3)18(24)25-23-10-4-5-14(11-23)17-12-22(13-21-17)16-8-6-15(20)7-9-16/h6-9,12-14H,4-5,10-11H2,1-3H3/t14-/m1/s1. The molecule has 25 heavy (non-hydrogen) atoms. The number of piperidine rings is 1. The van der Waals surface area contributed by atoms with Crippen molar-refractivity contribution in [3.8, 4) is 5.69 Å². The number of imidazole rings is 1. The minimum Gasteiger partial charge on any atom is -0.367 e. The fourth-order valence-electron chi connectivity index (χ4n) is 2.82. The summed E-state index contributed by atoms with van der Waals surface area (Å²) in [5.41, 5.74) is 1.31. The predicted molar refractivity (Wildman–Crippen MR) is 92.6 cm³/mol. The summed E-state index contributed by atoms with van der Waals surface area (Å²) < 4.78 is 14.9. The molecule has 1 aromatic carbocycles. The highest BCUT2D eigenvalue weighted by atomic mass is 19.1. The van der Waals surface area contributed by atoms with Crippen molar-refractivity contribution in [2.75, 3.05) is 13.1 Å². The van der Waals surface area contributed by atoms with Crippen LogP contribution in [-0.2, 0) is 9.63 Å². The molecule has 1 fully saturated rings. The topological polar surface area (TPSA) is 47.4 Å². The van der Waals surface area contributed by atoms with Crippen molar-refractivity contribution in [3.05, 3.63) is 48.3 Å². The third-order valence-electron chi connectivity index (χ3n) is 4.35. The molecule has 0 saturated carbocycles. The molecule has 0 N–H and O–H groups in total. The molecule has 0 unspecified atom stereocenters. The molecule has 0 aliphatic carbocycles. The quantitative estimate of drug-likeness (QED) is 0.851. The Labute approximate surface area is 147 Å². The van der Waals surface area contributed by atoms with Gasteiger partial charge in [-0.2, -0.15) is 0 Å². The van der Waals surface area contributed by atoms with E-state index in [9.17, 15) is 9.18 Å². The van der Waals surface area contributed by atoms with E-state index in [0.717, 1.165) is 30.8 Å². The maximum atomic E-state index is 13.1. The number of halogens is 1. The molecule has 0 bridgehead atoms. The number of carbonyl (C=O) groups is 1. The van der Waals surface area contributed by atoms with Crippen LogP contribution in [0.4, 0.5) is 4.39 Å². The van der Waals surface area contributed by atoms with Gasteiger partial charge in [0.05, 0.1) is 17.4 Å². The zero-order chi connectivity index (χ0) is 18.0. The van der Waals surface area contributed by atoms with E-state index in [4.69, 9.17) is 4.84 Å². The highest BCUT2D eigenvalue weighted by Crippen LogP contribution is 2.27. The van der Waals surface area contributed by atoms with Gasteiger partial charge in [0.2, 0.25) is 0 Å². The van der Waals surface area contributed by atoms with E-state index in [1.165, 1.54) is 12.1 Å². The molecule has 5 nitrogen and oxygen atoms in total. The van der Waals surface area contributed by atoms with Gasteiger partial charge in [-0.15, -0.1) is 5.06 Å². The zero-order valence-corrected chi connectivity index (χ0v) is 14.9. The Hall–Kier alpha value is -2.21. The zero-order valence-electron chi connectivity index (χ0n) is 14.9. The highest BCUT2D eigenvalue weighted by molar-refractivity contribution is 5.75. The Morgan fingerprint density at radius 3 is 2.68 bits per heavy atom. The Kier molecular flexibility index (Phi) is 4.90. The van der Waals surface area contributed by atoms with E-state index in [-0.39, 0.29) is 17.7 Å². The Morgan fingerprint density at radius 2 is 2.00 bits per heavy atom. The molecule has 1 saturated heterocycles. The molecule has 3 rings (SSSR count). The molecule has 0 radical (unpaired) electrons. The van der Waals surface area contributed by atoms with Crippen LogP contribution in [0.2, 0.25) is 0 Å². The molecule has 2 heterocycles. The number of benzene rings is 1. The number of aromatic nitrogens is 2. The lowest BCUT2D eigenvalue weighted by molar-refractivity contribution is -0.205. The molecule has 1 aromatic heterocycles. The first-order valence-corrected chi connectivity index (χ1v) is 8.60. The minimum absolute atomic E-state index is 0.211. The van der Waals surface area contributed by atoms with Crippen molar-refractivity contribution in [1.82, 2.24) is 14.6 Å². The van der Waals surface area contributed by atoms with Crippen LogP contribution in [0.3, 0.4) is 0 Å². The van der Waals surface area contributed by atoms with E-state index < -0.39 is 5.41 Å². The van der Waals surface area contributed by atoms with Gasteiger partial charge in [0.15, 0.2) is 0 Å². The summed E-state index contributed by atoms with van der Waals surface area (Å²) in [6.07, 6.45) is 5.66. The van der Waals surface area contributed by atoms with Crippen LogP contribution in [0.1, 0.15) is 45.2 Å². The van der Waals surface area contributed by atoms with Gasteiger partial charge in [-0.3, -0.25) is 0 Å². The maximum absolute atomic E-state index is 13.1. The van der Waals surface area contributed by atoms with Crippen LogP contribution in [-0.4, -0.2) is 33.7 Å². The number of hydrogen-bond acceptors (Lipinski definition) is 4. The lowest BCUT2D eigenvalue weighted by Crippen LogP contribution is -2.39. The van der Waals surface area contributed by atoms with Crippen molar-refractivity contribution < 1.29 is 14.0 Å². The van der Waals surface area contributed by atoms with Crippen LogP contribution in [0, 0.1) is 11.2 Å². The lowest BCUT2D eigenvalue weighted by atomic mass is 9.96. The second-order valence-electron chi connectivity index (χ2n) is 7.54. The van der Waals surface area contributed by atoms with Gasteiger partial charge in [-0.05, 0) is 57.9 Å². The van der Waals surface area contributed by atoms with Crippen molar-refractivity contribution in [2.45, 2.75) is 39.5 Å². The van der Waals surface area contributed by atoms with Crippen molar-refractivity contribution in [3.63, 3.8) is 0 Å².